The lowest BCUT2D eigenvalue weighted by Gasteiger charge is -2.34. The van der Waals surface area contributed by atoms with Crippen LogP contribution in [0.5, 0.6) is 5.75 Å². The normalized spacial score (nSPS) is 11.8. The van der Waals surface area contributed by atoms with Crippen molar-refractivity contribution in [2.24, 2.45) is 0 Å². The lowest BCUT2D eigenvalue weighted by atomic mass is 10.0. The fraction of sp³-hybridized carbons (Fsp3) is 0.235. The van der Waals surface area contributed by atoms with E-state index in [0.717, 1.165) is 21.9 Å². The van der Waals surface area contributed by atoms with Crippen LogP contribution >= 0.6 is 0 Å². The fourth-order valence-corrected chi connectivity index (χ4v) is 6.13. The van der Waals surface area contributed by atoms with Gasteiger partial charge in [-0.15, -0.1) is 0 Å². The number of hydrogen-bond donors (Lipinski definition) is 1. The molecular weight excluding hydrogens is 562 g/mol. The molecule has 9 heteroatoms. The number of ether oxygens (including phenoxy) is 1. The average Bonchev–Trinajstić information content (AvgIpc) is 3.05. The molecule has 0 aliphatic rings. The number of methoxy groups -OCH3 is 1. The zero-order valence-electron chi connectivity index (χ0n) is 24.4. The molecular formula is C34H37N3O5S. The summed E-state index contributed by atoms with van der Waals surface area (Å²) >= 11 is 0. The first-order valence-corrected chi connectivity index (χ1v) is 15.6. The molecule has 4 aromatic carbocycles. The molecule has 0 spiro atoms. The third kappa shape index (κ3) is 8.23. The van der Waals surface area contributed by atoms with Gasteiger partial charge in [-0.05, 0) is 53.9 Å². The van der Waals surface area contributed by atoms with E-state index in [9.17, 15) is 18.0 Å². The maximum Gasteiger partial charge on any atom is 0.264 e. The van der Waals surface area contributed by atoms with Gasteiger partial charge in [0.05, 0.1) is 17.7 Å². The summed E-state index contributed by atoms with van der Waals surface area (Å²) in [6.45, 7) is 2.03. The Morgan fingerprint density at radius 1 is 0.791 bits per heavy atom. The second-order valence-corrected chi connectivity index (χ2v) is 11.9. The van der Waals surface area contributed by atoms with E-state index in [1.807, 2.05) is 67.6 Å². The molecule has 224 valence electrons. The van der Waals surface area contributed by atoms with E-state index in [4.69, 9.17) is 4.74 Å². The molecule has 0 aliphatic carbocycles. The molecule has 0 heterocycles. The molecule has 4 rings (SSSR count). The van der Waals surface area contributed by atoms with Crippen molar-refractivity contribution < 1.29 is 22.7 Å². The number of nitrogens with one attached hydrogen (secondary N) is 1. The number of amides is 2. The molecule has 0 fully saturated rings. The first-order chi connectivity index (χ1) is 20.8. The highest BCUT2D eigenvalue weighted by atomic mass is 32.2. The SMILES string of the molecule is CCCNC(=O)C(Cc1ccccc1)N(Cc1ccccc1)C(=O)CN(c1ccc(OC)cc1)S(=O)(=O)c1ccccc1. The summed E-state index contributed by atoms with van der Waals surface area (Å²) in [4.78, 5) is 29.5. The average molecular weight is 600 g/mol. The number of benzene rings is 4. The number of nitrogens with zero attached hydrogens (tertiary/aromatic N) is 2. The lowest BCUT2D eigenvalue weighted by Crippen LogP contribution is -2.53. The molecule has 43 heavy (non-hydrogen) atoms. The molecule has 1 N–H and O–H groups in total. The summed E-state index contributed by atoms with van der Waals surface area (Å²) in [6.07, 6.45) is 1.000. The maximum absolute atomic E-state index is 14.4. The van der Waals surface area contributed by atoms with Gasteiger partial charge in [0, 0.05) is 19.5 Å². The lowest BCUT2D eigenvalue weighted by molar-refractivity contribution is -0.140. The van der Waals surface area contributed by atoms with Gasteiger partial charge in [-0.25, -0.2) is 8.42 Å². The van der Waals surface area contributed by atoms with Crippen LogP contribution in [0.15, 0.2) is 120 Å². The molecule has 0 aromatic heterocycles. The predicted molar refractivity (Wildman–Crippen MR) is 168 cm³/mol. The number of rotatable bonds is 14. The highest BCUT2D eigenvalue weighted by Crippen LogP contribution is 2.27. The van der Waals surface area contributed by atoms with Crippen molar-refractivity contribution >= 4 is 27.5 Å². The first-order valence-electron chi connectivity index (χ1n) is 14.2. The van der Waals surface area contributed by atoms with Gasteiger partial charge in [0.15, 0.2) is 0 Å². The summed E-state index contributed by atoms with van der Waals surface area (Å²) in [5.41, 5.74) is 2.00. The Morgan fingerprint density at radius 2 is 1.35 bits per heavy atom. The molecule has 8 nitrogen and oxygen atoms in total. The Labute approximate surface area is 254 Å². The van der Waals surface area contributed by atoms with Gasteiger partial charge in [0.1, 0.15) is 18.3 Å². The minimum atomic E-state index is -4.15. The third-order valence-corrected chi connectivity index (χ3v) is 8.77. The predicted octanol–water partition coefficient (Wildman–Crippen LogP) is 5.06. The second kappa shape index (κ2) is 15.0. The Kier molecular flexibility index (Phi) is 10.9. The summed E-state index contributed by atoms with van der Waals surface area (Å²) in [6, 6.07) is 32.5. The Balaban J connectivity index is 1.77. The van der Waals surface area contributed by atoms with E-state index in [0.29, 0.717) is 18.0 Å². The van der Waals surface area contributed by atoms with Crippen LogP contribution in [0, 0.1) is 0 Å². The standard InChI is InChI=1S/C34H37N3O5S/c1-3-23-35-34(39)32(24-27-13-7-4-8-14-27)36(25-28-15-9-5-10-16-28)33(38)26-37(29-19-21-30(42-2)22-20-29)43(40,41)31-17-11-6-12-18-31/h4-22,32H,3,23-26H2,1-2H3,(H,35,39). The molecule has 0 aliphatic heterocycles. The van der Waals surface area contributed by atoms with Crippen LogP contribution in [0.2, 0.25) is 0 Å². The molecule has 1 atom stereocenters. The van der Waals surface area contributed by atoms with Gasteiger partial charge >= 0.3 is 0 Å². The van der Waals surface area contributed by atoms with E-state index in [-0.39, 0.29) is 23.8 Å². The van der Waals surface area contributed by atoms with Crippen molar-refractivity contribution in [3.8, 4) is 5.75 Å². The van der Waals surface area contributed by atoms with E-state index < -0.39 is 28.5 Å². The van der Waals surface area contributed by atoms with Gasteiger partial charge in [-0.1, -0.05) is 85.8 Å². The Bertz CT molecular complexity index is 1570. The van der Waals surface area contributed by atoms with Crippen molar-refractivity contribution in [3.63, 3.8) is 0 Å². The maximum atomic E-state index is 14.4. The summed E-state index contributed by atoms with van der Waals surface area (Å²) in [5.74, 6) is -0.253. The zero-order valence-corrected chi connectivity index (χ0v) is 25.2. The van der Waals surface area contributed by atoms with Crippen LogP contribution in [0.25, 0.3) is 0 Å². The van der Waals surface area contributed by atoms with Gasteiger partial charge in [0.2, 0.25) is 11.8 Å². The summed E-state index contributed by atoms with van der Waals surface area (Å²) in [5, 5.41) is 2.95. The number of anilines is 1. The molecule has 0 bridgehead atoms. The van der Waals surface area contributed by atoms with Crippen LogP contribution in [0.3, 0.4) is 0 Å². The highest BCUT2D eigenvalue weighted by molar-refractivity contribution is 7.92. The number of sulfonamides is 1. The number of carbonyl (C=O) groups is 2. The van der Waals surface area contributed by atoms with Gasteiger partial charge in [-0.2, -0.15) is 0 Å². The topological polar surface area (TPSA) is 96.0 Å². The van der Waals surface area contributed by atoms with Gasteiger partial charge < -0.3 is 15.0 Å². The molecule has 0 saturated heterocycles. The van der Waals surface area contributed by atoms with E-state index in [1.165, 1.54) is 24.1 Å². The quantitative estimate of drug-likeness (QED) is 0.219. The minimum Gasteiger partial charge on any atom is -0.497 e. The number of carbonyl (C=O) groups excluding carboxylic acids is 2. The molecule has 4 aromatic rings. The van der Waals surface area contributed by atoms with Crippen LogP contribution in [0.1, 0.15) is 24.5 Å². The van der Waals surface area contributed by atoms with E-state index in [2.05, 4.69) is 5.32 Å². The smallest absolute Gasteiger partial charge is 0.264 e. The van der Waals surface area contributed by atoms with Gasteiger partial charge in [0.25, 0.3) is 10.0 Å². The third-order valence-electron chi connectivity index (χ3n) is 6.99. The molecule has 2 amide bonds. The van der Waals surface area contributed by atoms with Crippen LogP contribution < -0.4 is 14.4 Å². The van der Waals surface area contributed by atoms with Crippen LogP contribution in [-0.4, -0.2) is 51.4 Å². The zero-order chi connectivity index (χ0) is 30.7. The van der Waals surface area contributed by atoms with E-state index in [1.54, 1.807) is 42.5 Å². The number of hydrogen-bond acceptors (Lipinski definition) is 5. The van der Waals surface area contributed by atoms with Crippen molar-refractivity contribution in [1.29, 1.82) is 0 Å². The largest absolute Gasteiger partial charge is 0.497 e. The molecule has 0 radical (unpaired) electrons. The van der Waals surface area contributed by atoms with Crippen molar-refractivity contribution in [2.75, 3.05) is 24.5 Å². The molecule has 0 saturated carbocycles. The highest BCUT2D eigenvalue weighted by Gasteiger charge is 2.34. The summed E-state index contributed by atoms with van der Waals surface area (Å²) < 4.78 is 34.3. The Hall–Kier alpha value is -4.63. The summed E-state index contributed by atoms with van der Waals surface area (Å²) in [7, 11) is -2.63. The Morgan fingerprint density at radius 3 is 1.91 bits per heavy atom. The molecule has 1 unspecified atom stereocenters. The second-order valence-electron chi connectivity index (χ2n) is 10.0. The first kappa shape index (κ1) is 31.3. The minimum absolute atomic E-state index is 0.0507. The van der Waals surface area contributed by atoms with Crippen LogP contribution in [-0.2, 0) is 32.6 Å². The fourth-order valence-electron chi connectivity index (χ4n) is 4.70. The van der Waals surface area contributed by atoms with Crippen molar-refractivity contribution in [1.82, 2.24) is 10.2 Å². The van der Waals surface area contributed by atoms with E-state index >= 15 is 0 Å². The van der Waals surface area contributed by atoms with Crippen molar-refractivity contribution in [3.05, 3.63) is 126 Å². The van der Waals surface area contributed by atoms with Crippen LogP contribution in [0.4, 0.5) is 5.69 Å². The van der Waals surface area contributed by atoms with Crippen molar-refractivity contribution in [2.45, 2.75) is 37.2 Å². The van der Waals surface area contributed by atoms with Gasteiger partial charge in [-0.3, -0.25) is 13.9 Å². The monoisotopic (exact) mass is 599 g/mol.